The van der Waals surface area contributed by atoms with Crippen LogP contribution < -0.4 is 4.74 Å². The maximum Gasteiger partial charge on any atom is 0.255 e. The lowest BCUT2D eigenvalue weighted by Gasteiger charge is -2.17. The smallest absolute Gasteiger partial charge is 0.255 e. The molecule has 132 valence electrons. The van der Waals surface area contributed by atoms with E-state index in [0.29, 0.717) is 6.54 Å². The number of aromatic nitrogens is 2. The van der Waals surface area contributed by atoms with E-state index in [2.05, 4.69) is 29.5 Å². The predicted molar refractivity (Wildman–Crippen MR) is 95.8 cm³/mol. The minimum atomic E-state index is 0.0445. The number of carbonyl (C=O) groups excluding carboxylic acids is 1. The summed E-state index contributed by atoms with van der Waals surface area (Å²) in [6, 6.07) is 5.82. The van der Waals surface area contributed by atoms with Gasteiger partial charge in [-0.25, -0.2) is 0 Å². The molecule has 1 atom stereocenters. The topological polar surface area (TPSA) is 47.4 Å². The van der Waals surface area contributed by atoms with Crippen LogP contribution in [-0.2, 0) is 6.54 Å². The van der Waals surface area contributed by atoms with Gasteiger partial charge < -0.3 is 14.2 Å². The normalized spacial score (nSPS) is 20.1. The van der Waals surface area contributed by atoms with Crippen LogP contribution in [0.25, 0.3) is 0 Å². The minimum absolute atomic E-state index is 0.0445. The van der Waals surface area contributed by atoms with Crippen molar-refractivity contribution >= 4 is 5.91 Å². The number of ether oxygens (including phenoxy) is 1. The second-order valence-electron chi connectivity index (χ2n) is 7.31. The molecular formula is C20H25N3O2. The van der Waals surface area contributed by atoms with Gasteiger partial charge >= 0.3 is 0 Å². The van der Waals surface area contributed by atoms with Crippen LogP contribution in [0.4, 0.5) is 0 Å². The Bertz CT molecular complexity index is 765. The number of amides is 1. The lowest BCUT2D eigenvalue weighted by Crippen LogP contribution is -2.31. The number of hydrogen-bond donors (Lipinski definition) is 0. The van der Waals surface area contributed by atoms with Crippen molar-refractivity contribution in [3.05, 3.63) is 47.5 Å². The SMILES string of the molecule is Cc1cc(C(=O)N2CC[C@H](Oc3cccnc3)C2)c(C)n1CC1CC1. The number of rotatable bonds is 5. The van der Waals surface area contributed by atoms with Gasteiger partial charge in [-0.15, -0.1) is 0 Å². The molecule has 1 saturated carbocycles. The summed E-state index contributed by atoms with van der Waals surface area (Å²) in [6.45, 7) is 6.61. The molecule has 5 heteroatoms. The Balaban J connectivity index is 1.43. The quantitative estimate of drug-likeness (QED) is 0.840. The van der Waals surface area contributed by atoms with Crippen LogP contribution in [0.5, 0.6) is 5.75 Å². The van der Waals surface area contributed by atoms with E-state index < -0.39 is 0 Å². The Morgan fingerprint density at radius 1 is 1.32 bits per heavy atom. The van der Waals surface area contributed by atoms with Crippen LogP contribution in [0.2, 0.25) is 0 Å². The molecule has 2 fully saturated rings. The van der Waals surface area contributed by atoms with Crippen LogP contribution in [-0.4, -0.2) is 39.6 Å². The largest absolute Gasteiger partial charge is 0.487 e. The molecular weight excluding hydrogens is 314 g/mol. The maximum atomic E-state index is 13.0. The van der Waals surface area contributed by atoms with Crippen molar-refractivity contribution in [2.24, 2.45) is 5.92 Å². The molecule has 0 spiro atoms. The third-order valence-corrected chi connectivity index (χ3v) is 5.31. The number of aryl methyl sites for hydroxylation is 1. The van der Waals surface area contributed by atoms with Gasteiger partial charge in [0, 0.05) is 37.1 Å². The molecule has 1 aliphatic heterocycles. The summed E-state index contributed by atoms with van der Waals surface area (Å²) in [7, 11) is 0. The first-order chi connectivity index (χ1) is 12.1. The van der Waals surface area contributed by atoms with E-state index >= 15 is 0 Å². The molecule has 2 aromatic rings. The monoisotopic (exact) mass is 339 g/mol. The van der Waals surface area contributed by atoms with E-state index in [9.17, 15) is 4.79 Å². The van der Waals surface area contributed by atoms with Gasteiger partial charge in [0.05, 0.1) is 18.3 Å². The first-order valence-corrected chi connectivity index (χ1v) is 9.14. The first kappa shape index (κ1) is 16.2. The zero-order valence-electron chi connectivity index (χ0n) is 14.9. The molecule has 2 aliphatic rings. The van der Waals surface area contributed by atoms with Crippen molar-refractivity contribution in [2.75, 3.05) is 13.1 Å². The lowest BCUT2D eigenvalue weighted by molar-refractivity contribution is 0.0771. The molecule has 0 radical (unpaired) electrons. The van der Waals surface area contributed by atoms with Crippen molar-refractivity contribution < 1.29 is 9.53 Å². The van der Waals surface area contributed by atoms with Crippen molar-refractivity contribution in [3.8, 4) is 5.75 Å². The highest BCUT2D eigenvalue weighted by atomic mass is 16.5. The van der Waals surface area contributed by atoms with E-state index in [1.807, 2.05) is 17.0 Å². The summed E-state index contributed by atoms with van der Waals surface area (Å²) in [5.41, 5.74) is 3.14. The maximum absolute atomic E-state index is 13.0. The Morgan fingerprint density at radius 2 is 2.16 bits per heavy atom. The number of pyridine rings is 1. The van der Waals surface area contributed by atoms with Gasteiger partial charge in [0.15, 0.2) is 0 Å². The average molecular weight is 339 g/mol. The highest BCUT2D eigenvalue weighted by Crippen LogP contribution is 2.32. The van der Waals surface area contributed by atoms with E-state index in [4.69, 9.17) is 4.74 Å². The number of likely N-dealkylation sites (tertiary alicyclic amines) is 1. The van der Waals surface area contributed by atoms with Crippen molar-refractivity contribution in [1.82, 2.24) is 14.5 Å². The molecule has 0 unspecified atom stereocenters. The van der Waals surface area contributed by atoms with E-state index in [0.717, 1.165) is 42.4 Å². The molecule has 5 nitrogen and oxygen atoms in total. The summed E-state index contributed by atoms with van der Waals surface area (Å²) >= 11 is 0. The zero-order valence-corrected chi connectivity index (χ0v) is 14.9. The summed E-state index contributed by atoms with van der Waals surface area (Å²) in [5.74, 6) is 1.70. The van der Waals surface area contributed by atoms with Gasteiger partial charge in [0.25, 0.3) is 5.91 Å². The number of carbonyl (C=O) groups is 1. The Labute approximate surface area is 148 Å². The predicted octanol–water partition coefficient (Wildman–Crippen LogP) is 3.20. The molecule has 1 aliphatic carbocycles. The molecule has 1 saturated heterocycles. The molecule has 0 bridgehead atoms. The van der Waals surface area contributed by atoms with Gasteiger partial charge in [-0.2, -0.15) is 0 Å². The summed E-state index contributed by atoms with van der Waals surface area (Å²) in [6.07, 6.45) is 6.99. The summed E-state index contributed by atoms with van der Waals surface area (Å²) in [4.78, 5) is 19.0. The van der Waals surface area contributed by atoms with Crippen molar-refractivity contribution in [1.29, 1.82) is 0 Å². The van der Waals surface area contributed by atoms with Crippen LogP contribution in [0.15, 0.2) is 30.6 Å². The highest BCUT2D eigenvalue weighted by molar-refractivity contribution is 5.96. The Kier molecular flexibility index (Phi) is 4.24. The molecule has 25 heavy (non-hydrogen) atoms. The van der Waals surface area contributed by atoms with E-state index in [1.54, 1.807) is 12.4 Å². The molecule has 2 aromatic heterocycles. The first-order valence-electron chi connectivity index (χ1n) is 9.14. The van der Waals surface area contributed by atoms with Gasteiger partial charge in [0.2, 0.25) is 0 Å². The molecule has 3 heterocycles. The molecule has 0 N–H and O–H groups in total. The van der Waals surface area contributed by atoms with Crippen LogP contribution in [0, 0.1) is 19.8 Å². The van der Waals surface area contributed by atoms with Crippen molar-refractivity contribution in [3.63, 3.8) is 0 Å². The fourth-order valence-corrected chi connectivity index (χ4v) is 3.65. The third-order valence-electron chi connectivity index (χ3n) is 5.31. The van der Waals surface area contributed by atoms with Crippen molar-refractivity contribution in [2.45, 2.75) is 45.8 Å². The second-order valence-corrected chi connectivity index (χ2v) is 7.31. The van der Waals surface area contributed by atoms with Crippen LogP contribution in [0.3, 0.4) is 0 Å². The summed E-state index contributed by atoms with van der Waals surface area (Å²) < 4.78 is 8.26. The Morgan fingerprint density at radius 3 is 2.88 bits per heavy atom. The zero-order chi connectivity index (χ0) is 17.4. The highest BCUT2D eigenvalue weighted by Gasteiger charge is 2.31. The van der Waals surface area contributed by atoms with Crippen LogP contribution in [0.1, 0.15) is 41.0 Å². The van der Waals surface area contributed by atoms with Gasteiger partial charge in [-0.3, -0.25) is 9.78 Å². The molecule has 0 aromatic carbocycles. The fraction of sp³-hybridized carbons (Fsp3) is 0.500. The second kappa shape index (κ2) is 6.54. The summed E-state index contributed by atoms with van der Waals surface area (Å²) in [5, 5.41) is 0. The van der Waals surface area contributed by atoms with E-state index in [1.165, 1.54) is 18.5 Å². The minimum Gasteiger partial charge on any atom is -0.487 e. The molecule has 1 amide bonds. The third kappa shape index (κ3) is 3.41. The molecule has 4 rings (SSSR count). The lowest BCUT2D eigenvalue weighted by atomic mass is 10.2. The van der Waals surface area contributed by atoms with Gasteiger partial charge in [-0.1, -0.05) is 0 Å². The fourth-order valence-electron chi connectivity index (χ4n) is 3.65. The number of nitrogens with zero attached hydrogens (tertiary/aromatic N) is 3. The van der Waals surface area contributed by atoms with Gasteiger partial charge in [-0.05, 0) is 50.8 Å². The van der Waals surface area contributed by atoms with E-state index in [-0.39, 0.29) is 12.0 Å². The number of hydrogen-bond acceptors (Lipinski definition) is 3. The van der Waals surface area contributed by atoms with Gasteiger partial charge in [0.1, 0.15) is 11.9 Å². The van der Waals surface area contributed by atoms with Crippen LogP contribution >= 0.6 is 0 Å². The standard InChI is InChI=1S/C20H25N3O2/c1-14-10-19(15(2)23(14)12-16-5-6-16)20(24)22-9-7-18(13-22)25-17-4-3-8-21-11-17/h3-4,8,10-11,16,18H,5-7,9,12-13H2,1-2H3/t18-/m0/s1. The Hall–Kier alpha value is -2.30. The average Bonchev–Trinajstić information content (AvgIpc) is 3.25.